The molecule has 0 bridgehead atoms. The van der Waals surface area contributed by atoms with Gasteiger partial charge in [-0.2, -0.15) is 5.26 Å². The van der Waals surface area contributed by atoms with Gasteiger partial charge < -0.3 is 8.83 Å². The monoisotopic (exact) mass is 958 g/mol. The van der Waals surface area contributed by atoms with Crippen LogP contribution in [0.25, 0.3) is 144 Å². The maximum atomic E-state index is 9.73. The normalized spacial score (nSPS) is 12.8. The van der Waals surface area contributed by atoms with E-state index in [1.54, 1.807) is 0 Å². The average molecular weight is 959 g/mol. The molecule has 0 unspecified atom stereocenters. The molecule has 0 N–H and O–H groups in total. The Labute approximate surface area is 431 Å². The molecule has 15 rings (SSSR count). The Morgan fingerprint density at radius 1 is 0.360 bits per heavy atom. The Bertz CT molecular complexity index is 4730. The molecule has 350 valence electrons. The number of para-hydroxylation sites is 2. The number of hydrogen-bond acceptors (Lipinski definition) is 6. The fourth-order valence-corrected chi connectivity index (χ4v) is 11.9. The predicted molar refractivity (Wildman–Crippen MR) is 304 cm³/mol. The summed E-state index contributed by atoms with van der Waals surface area (Å²) in [6.07, 6.45) is 0. The lowest BCUT2D eigenvalue weighted by molar-refractivity contribution is 0.660. The van der Waals surface area contributed by atoms with Gasteiger partial charge in [-0.1, -0.05) is 196 Å². The summed E-state index contributed by atoms with van der Waals surface area (Å²) in [5.41, 5.74) is 17.0. The highest BCUT2D eigenvalue weighted by Gasteiger charge is 2.36. The standard InChI is InChI=1S/C69H42N4O2/c1-69(2)58-35-40(39-70)27-33-51(58)52-34-32-45(38-59(52)69)41-28-30-44(31-29-41)66-71-67(55-26-14-25-54-60-48-21-11-9-19-46(48)36-56(64(60)75-63(54)55)43-17-7-4-8-18-43)73-68(72-66)61-49-22-12-10-20-47(49)37-57-53-24-13-23-50(62(53)74-65(57)61)42-15-5-3-6-16-42/h3-38H,1-2H3. The van der Waals surface area contributed by atoms with Gasteiger partial charge in [0.05, 0.1) is 22.8 Å². The van der Waals surface area contributed by atoms with Crippen molar-refractivity contribution in [2.45, 2.75) is 19.3 Å². The number of nitrogens with zero attached hydrogens (tertiary/aromatic N) is 4. The lowest BCUT2D eigenvalue weighted by atomic mass is 9.81. The van der Waals surface area contributed by atoms with Crippen molar-refractivity contribution in [2.75, 3.05) is 0 Å². The zero-order valence-corrected chi connectivity index (χ0v) is 40.9. The Kier molecular flexibility index (Phi) is 9.27. The summed E-state index contributed by atoms with van der Waals surface area (Å²) < 4.78 is 14.3. The molecule has 6 heteroatoms. The molecule has 1 aliphatic carbocycles. The quantitative estimate of drug-likeness (QED) is 0.165. The van der Waals surface area contributed by atoms with Crippen molar-refractivity contribution < 1.29 is 8.83 Å². The highest BCUT2D eigenvalue weighted by Crippen LogP contribution is 2.51. The molecule has 0 fully saturated rings. The van der Waals surface area contributed by atoms with E-state index >= 15 is 0 Å². The molecule has 6 nitrogen and oxygen atoms in total. The Balaban J connectivity index is 0.956. The van der Waals surface area contributed by atoms with Crippen molar-refractivity contribution in [2.24, 2.45) is 0 Å². The van der Waals surface area contributed by atoms with Crippen LogP contribution < -0.4 is 0 Å². The van der Waals surface area contributed by atoms with E-state index in [1.165, 1.54) is 22.3 Å². The van der Waals surface area contributed by atoms with E-state index in [0.29, 0.717) is 34.2 Å². The van der Waals surface area contributed by atoms with Crippen molar-refractivity contribution in [3.05, 3.63) is 235 Å². The van der Waals surface area contributed by atoms with Gasteiger partial charge >= 0.3 is 0 Å². The number of nitriles is 1. The van der Waals surface area contributed by atoms with Crippen LogP contribution in [0.2, 0.25) is 0 Å². The molecule has 75 heavy (non-hydrogen) atoms. The molecule has 0 atom stereocenters. The Morgan fingerprint density at radius 2 is 0.920 bits per heavy atom. The van der Waals surface area contributed by atoms with E-state index in [9.17, 15) is 5.26 Å². The molecule has 11 aromatic carbocycles. The molecule has 0 saturated heterocycles. The van der Waals surface area contributed by atoms with Crippen molar-refractivity contribution in [3.8, 4) is 84.7 Å². The van der Waals surface area contributed by atoms with Crippen LogP contribution in [0.5, 0.6) is 0 Å². The first-order valence-corrected chi connectivity index (χ1v) is 25.3. The van der Waals surface area contributed by atoms with Crippen LogP contribution in [0.3, 0.4) is 0 Å². The third-order valence-electron chi connectivity index (χ3n) is 15.6. The molecule has 3 aromatic heterocycles. The summed E-state index contributed by atoms with van der Waals surface area (Å²) in [6, 6.07) is 78.5. The lowest BCUT2D eigenvalue weighted by Crippen LogP contribution is -2.15. The van der Waals surface area contributed by atoms with Crippen molar-refractivity contribution in [3.63, 3.8) is 0 Å². The summed E-state index contributed by atoms with van der Waals surface area (Å²) in [6.45, 7) is 4.49. The van der Waals surface area contributed by atoms with Crippen LogP contribution in [0.1, 0.15) is 30.5 Å². The topological polar surface area (TPSA) is 88.7 Å². The second-order valence-corrected chi connectivity index (χ2v) is 20.1. The number of benzene rings is 11. The molecule has 3 heterocycles. The number of furan rings is 2. The largest absolute Gasteiger partial charge is 0.455 e. The Morgan fingerprint density at radius 3 is 1.68 bits per heavy atom. The first kappa shape index (κ1) is 42.7. The fraction of sp³-hybridized carbons (Fsp3) is 0.0435. The van der Waals surface area contributed by atoms with Gasteiger partial charge in [0.25, 0.3) is 0 Å². The number of hydrogen-bond donors (Lipinski definition) is 0. The van der Waals surface area contributed by atoms with E-state index in [4.69, 9.17) is 23.8 Å². The number of rotatable bonds is 6. The van der Waals surface area contributed by atoms with Gasteiger partial charge in [-0.05, 0) is 102 Å². The fourth-order valence-electron chi connectivity index (χ4n) is 11.9. The molecular weight excluding hydrogens is 917 g/mol. The summed E-state index contributed by atoms with van der Waals surface area (Å²) >= 11 is 0. The third-order valence-corrected chi connectivity index (χ3v) is 15.6. The van der Waals surface area contributed by atoms with E-state index in [-0.39, 0.29) is 5.41 Å². The van der Waals surface area contributed by atoms with Crippen molar-refractivity contribution in [1.82, 2.24) is 15.0 Å². The van der Waals surface area contributed by atoms with Crippen LogP contribution in [0, 0.1) is 11.3 Å². The number of aromatic nitrogens is 3. The average Bonchev–Trinajstić information content (AvgIpc) is 4.18. The first-order valence-electron chi connectivity index (χ1n) is 25.3. The molecule has 0 saturated carbocycles. The van der Waals surface area contributed by atoms with E-state index in [1.807, 2.05) is 24.3 Å². The van der Waals surface area contributed by atoms with Crippen LogP contribution >= 0.6 is 0 Å². The first-order chi connectivity index (χ1) is 36.9. The smallest absolute Gasteiger partial charge is 0.168 e. The molecule has 14 aromatic rings. The van der Waals surface area contributed by atoms with Crippen LogP contribution in [0.4, 0.5) is 0 Å². The Hall–Kier alpha value is -9.96. The van der Waals surface area contributed by atoms with Gasteiger partial charge in [0.15, 0.2) is 17.5 Å². The van der Waals surface area contributed by atoms with E-state index < -0.39 is 0 Å². The lowest BCUT2D eigenvalue weighted by Gasteiger charge is -2.22. The molecule has 0 radical (unpaired) electrons. The molecule has 0 amide bonds. The summed E-state index contributed by atoms with van der Waals surface area (Å²) in [7, 11) is 0. The molecular formula is C69H42N4O2. The van der Waals surface area contributed by atoms with Gasteiger partial charge in [-0.3, -0.25) is 0 Å². The summed E-state index contributed by atoms with van der Waals surface area (Å²) in [5.74, 6) is 1.49. The summed E-state index contributed by atoms with van der Waals surface area (Å²) in [4.78, 5) is 16.3. The van der Waals surface area contributed by atoms with Gasteiger partial charge in [0.1, 0.15) is 22.3 Å². The second-order valence-electron chi connectivity index (χ2n) is 20.1. The summed E-state index contributed by atoms with van der Waals surface area (Å²) in [5, 5.41) is 18.0. The predicted octanol–water partition coefficient (Wildman–Crippen LogP) is 18.2. The second kappa shape index (κ2) is 16.3. The maximum Gasteiger partial charge on any atom is 0.168 e. The van der Waals surface area contributed by atoms with Gasteiger partial charge in [-0.25, -0.2) is 15.0 Å². The molecule has 0 aliphatic heterocycles. The zero-order valence-electron chi connectivity index (χ0n) is 40.9. The minimum absolute atomic E-state index is 0.264. The van der Waals surface area contributed by atoms with Crippen molar-refractivity contribution in [1.29, 1.82) is 5.26 Å². The third kappa shape index (κ3) is 6.55. The zero-order chi connectivity index (χ0) is 49.9. The molecule has 1 aliphatic rings. The molecule has 0 spiro atoms. The van der Waals surface area contributed by atoms with Crippen LogP contribution in [-0.4, -0.2) is 15.0 Å². The minimum atomic E-state index is -0.264. The van der Waals surface area contributed by atoms with Gasteiger partial charge in [0, 0.05) is 43.7 Å². The van der Waals surface area contributed by atoms with Gasteiger partial charge in [0.2, 0.25) is 0 Å². The highest BCUT2D eigenvalue weighted by molar-refractivity contribution is 6.24. The van der Waals surface area contributed by atoms with E-state index in [2.05, 4.69) is 214 Å². The maximum absolute atomic E-state index is 9.73. The van der Waals surface area contributed by atoms with Crippen LogP contribution in [0.15, 0.2) is 227 Å². The van der Waals surface area contributed by atoms with Crippen molar-refractivity contribution >= 4 is 65.4 Å². The highest BCUT2D eigenvalue weighted by atomic mass is 16.3. The van der Waals surface area contributed by atoms with Gasteiger partial charge in [-0.15, -0.1) is 0 Å². The number of fused-ring (bicyclic) bond motifs is 12. The minimum Gasteiger partial charge on any atom is -0.455 e. The van der Waals surface area contributed by atoms with E-state index in [0.717, 1.165) is 104 Å². The SMILES string of the molecule is CC1(C)c2cc(C#N)ccc2-c2ccc(-c3ccc(-c4nc(-c5c6ccccc6cc6c5oc5c(-c7ccccc7)cccc56)nc(-c5cccc6c5oc5c(-c7ccccc7)cc7ccccc7c56)n4)cc3)cc21. The van der Waals surface area contributed by atoms with Crippen LogP contribution in [-0.2, 0) is 5.41 Å².